The van der Waals surface area contributed by atoms with Gasteiger partial charge in [0, 0.05) is 31.4 Å². The van der Waals surface area contributed by atoms with Crippen molar-refractivity contribution in [2.45, 2.75) is 38.8 Å². The topological polar surface area (TPSA) is 18.5 Å². The van der Waals surface area contributed by atoms with Crippen molar-refractivity contribution in [2.24, 2.45) is 0 Å². The van der Waals surface area contributed by atoms with E-state index >= 15 is 0 Å². The van der Waals surface area contributed by atoms with Gasteiger partial charge >= 0.3 is 0 Å². The summed E-state index contributed by atoms with van der Waals surface area (Å²) >= 11 is 0. The van der Waals surface area contributed by atoms with Crippen LogP contribution in [0.5, 0.6) is 0 Å². The Labute approximate surface area is 124 Å². The van der Waals surface area contributed by atoms with E-state index in [1.807, 2.05) is 0 Å². The van der Waals surface area contributed by atoms with Gasteiger partial charge in [-0.05, 0) is 51.5 Å². The molecule has 1 aromatic rings. The van der Waals surface area contributed by atoms with E-state index in [9.17, 15) is 0 Å². The molecule has 1 saturated heterocycles. The van der Waals surface area contributed by atoms with E-state index in [0.29, 0.717) is 6.04 Å². The minimum absolute atomic E-state index is 0.664. The highest BCUT2D eigenvalue weighted by Gasteiger charge is 2.26. The molecule has 112 valence electrons. The molecule has 1 atom stereocenters. The zero-order chi connectivity index (χ0) is 14.4. The molecule has 20 heavy (non-hydrogen) atoms. The van der Waals surface area contributed by atoms with Gasteiger partial charge < -0.3 is 15.1 Å². The Kier molecular flexibility index (Phi) is 5.86. The molecule has 0 amide bonds. The Morgan fingerprint density at radius 1 is 1.30 bits per heavy atom. The summed E-state index contributed by atoms with van der Waals surface area (Å²) in [6.45, 7) is 6.64. The smallest absolute Gasteiger partial charge is 0.0417 e. The van der Waals surface area contributed by atoms with Crippen LogP contribution in [0.4, 0.5) is 5.69 Å². The van der Waals surface area contributed by atoms with Crippen LogP contribution >= 0.6 is 0 Å². The molecule has 1 aliphatic rings. The first kappa shape index (κ1) is 15.3. The molecule has 1 heterocycles. The largest absolute Gasteiger partial charge is 0.367 e. The Morgan fingerprint density at radius 3 is 2.85 bits per heavy atom. The Bertz CT molecular complexity index is 403. The van der Waals surface area contributed by atoms with E-state index in [4.69, 9.17) is 0 Å². The van der Waals surface area contributed by atoms with Crippen molar-refractivity contribution in [2.75, 3.05) is 38.6 Å². The van der Waals surface area contributed by atoms with Crippen LogP contribution in [0.1, 0.15) is 31.7 Å². The molecule has 0 spiro atoms. The SMILES string of the molecule is CCCNCc1ccccc1N1CCCC1CN(C)C. The van der Waals surface area contributed by atoms with Gasteiger partial charge in [0.1, 0.15) is 0 Å². The fourth-order valence-electron chi connectivity index (χ4n) is 3.10. The number of hydrogen-bond donors (Lipinski definition) is 1. The van der Waals surface area contributed by atoms with Crippen LogP contribution in [0.2, 0.25) is 0 Å². The molecule has 0 aromatic heterocycles. The number of likely N-dealkylation sites (N-methyl/N-ethyl adjacent to an activating group) is 1. The second kappa shape index (κ2) is 7.65. The predicted octanol–water partition coefficient (Wildman–Crippen LogP) is 2.72. The van der Waals surface area contributed by atoms with Gasteiger partial charge in [-0.3, -0.25) is 0 Å². The van der Waals surface area contributed by atoms with Gasteiger partial charge in [-0.25, -0.2) is 0 Å². The highest BCUT2D eigenvalue weighted by Crippen LogP contribution is 2.29. The molecule has 0 radical (unpaired) electrons. The quantitative estimate of drug-likeness (QED) is 0.772. The molecule has 1 N–H and O–H groups in total. The standard InChI is InChI=1S/C17H29N3/c1-4-11-18-13-15-8-5-6-10-17(15)20-12-7-9-16(20)14-19(2)3/h5-6,8,10,16,18H,4,7,9,11-14H2,1-3H3. The minimum atomic E-state index is 0.664. The second-order valence-electron chi connectivity index (χ2n) is 6.06. The van der Waals surface area contributed by atoms with Crippen LogP contribution < -0.4 is 10.2 Å². The normalized spacial score (nSPS) is 19.0. The van der Waals surface area contributed by atoms with Gasteiger partial charge in [0.15, 0.2) is 0 Å². The lowest BCUT2D eigenvalue weighted by Crippen LogP contribution is -2.38. The van der Waals surface area contributed by atoms with Crippen LogP contribution in [0.25, 0.3) is 0 Å². The summed E-state index contributed by atoms with van der Waals surface area (Å²) in [5.74, 6) is 0. The first-order valence-corrected chi connectivity index (χ1v) is 7.92. The third kappa shape index (κ3) is 3.97. The first-order chi connectivity index (χ1) is 9.72. The molecule has 0 saturated carbocycles. The average Bonchev–Trinajstić information content (AvgIpc) is 2.87. The fourth-order valence-corrected chi connectivity index (χ4v) is 3.10. The Morgan fingerprint density at radius 2 is 2.10 bits per heavy atom. The van der Waals surface area contributed by atoms with Crippen molar-refractivity contribution >= 4 is 5.69 Å². The number of para-hydroxylation sites is 1. The molecule has 3 heteroatoms. The second-order valence-corrected chi connectivity index (χ2v) is 6.06. The van der Waals surface area contributed by atoms with E-state index in [0.717, 1.165) is 19.6 Å². The lowest BCUT2D eigenvalue weighted by Gasteiger charge is -2.30. The van der Waals surface area contributed by atoms with Gasteiger partial charge in [-0.1, -0.05) is 25.1 Å². The van der Waals surface area contributed by atoms with Crippen molar-refractivity contribution in [1.29, 1.82) is 0 Å². The zero-order valence-electron chi connectivity index (χ0n) is 13.2. The molecular weight excluding hydrogens is 246 g/mol. The van der Waals surface area contributed by atoms with Crippen molar-refractivity contribution in [3.8, 4) is 0 Å². The number of hydrogen-bond acceptors (Lipinski definition) is 3. The predicted molar refractivity (Wildman–Crippen MR) is 87.4 cm³/mol. The number of nitrogens with one attached hydrogen (secondary N) is 1. The molecule has 3 nitrogen and oxygen atoms in total. The van der Waals surface area contributed by atoms with Crippen LogP contribution in [0.3, 0.4) is 0 Å². The Balaban J connectivity index is 2.10. The summed E-state index contributed by atoms with van der Waals surface area (Å²) in [6, 6.07) is 9.55. The molecule has 0 aliphatic carbocycles. The summed E-state index contributed by atoms with van der Waals surface area (Å²) < 4.78 is 0. The molecule has 1 fully saturated rings. The molecule has 0 bridgehead atoms. The van der Waals surface area contributed by atoms with E-state index in [-0.39, 0.29) is 0 Å². The third-order valence-electron chi connectivity index (χ3n) is 4.00. The number of anilines is 1. The zero-order valence-corrected chi connectivity index (χ0v) is 13.2. The van der Waals surface area contributed by atoms with Gasteiger partial charge in [-0.2, -0.15) is 0 Å². The lowest BCUT2D eigenvalue weighted by atomic mass is 10.1. The maximum atomic E-state index is 3.53. The van der Waals surface area contributed by atoms with Gasteiger partial charge in [0.2, 0.25) is 0 Å². The lowest BCUT2D eigenvalue weighted by molar-refractivity contribution is 0.372. The van der Waals surface area contributed by atoms with E-state index in [1.165, 1.54) is 37.1 Å². The molecule has 1 aliphatic heterocycles. The maximum absolute atomic E-state index is 3.53. The highest BCUT2D eigenvalue weighted by molar-refractivity contribution is 5.55. The van der Waals surface area contributed by atoms with Crippen LogP contribution in [-0.4, -0.2) is 44.7 Å². The van der Waals surface area contributed by atoms with Crippen molar-refractivity contribution in [3.63, 3.8) is 0 Å². The minimum Gasteiger partial charge on any atom is -0.367 e. The Hall–Kier alpha value is -1.06. The molecule has 2 rings (SSSR count). The van der Waals surface area contributed by atoms with E-state index < -0.39 is 0 Å². The van der Waals surface area contributed by atoms with Crippen molar-refractivity contribution < 1.29 is 0 Å². The average molecular weight is 275 g/mol. The van der Waals surface area contributed by atoms with Gasteiger partial charge in [-0.15, -0.1) is 0 Å². The van der Waals surface area contributed by atoms with Crippen molar-refractivity contribution in [3.05, 3.63) is 29.8 Å². The summed E-state index contributed by atoms with van der Waals surface area (Å²) in [5.41, 5.74) is 2.87. The number of nitrogens with zero attached hydrogens (tertiary/aromatic N) is 2. The monoisotopic (exact) mass is 275 g/mol. The highest BCUT2D eigenvalue weighted by atomic mass is 15.2. The first-order valence-electron chi connectivity index (χ1n) is 7.92. The maximum Gasteiger partial charge on any atom is 0.0417 e. The molecular formula is C17H29N3. The molecule has 1 unspecified atom stereocenters. The van der Waals surface area contributed by atoms with Crippen LogP contribution in [-0.2, 0) is 6.54 Å². The van der Waals surface area contributed by atoms with Crippen LogP contribution in [0, 0.1) is 0 Å². The fraction of sp³-hybridized carbons (Fsp3) is 0.647. The van der Waals surface area contributed by atoms with Gasteiger partial charge in [0.05, 0.1) is 0 Å². The summed E-state index contributed by atoms with van der Waals surface area (Å²) in [7, 11) is 4.34. The number of benzene rings is 1. The number of rotatable bonds is 7. The molecule has 1 aromatic carbocycles. The summed E-state index contributed by atoms with van der Waals surface area (Å²) in [4.78, 5) is 4.92. The van der Waals surface area contributed by atoms with E-state index in [2.05, 4.69) is 60.4 Å². The van der Waals surface area contributed by atoms with Crippen molar-refractivity contribution in [1.82, 2.24) is 10.2 Å². The summed E-state index contributed by atoms with van der Waals surface area (Å²) in [5, 5.41) is 3.53. The van der Waals surface area contributed by atoms with E-state index in [1.54, 1.807) is 0 Å². The van der Waals surface area contributed by atoms with Crippen LogP contribution in [0.15, 0.2) is 24.3 Å². The summed E-state index contributed by atoms with van der Waals surface area (Å²) in [6.07, 6.45) is 3.82. The third-order valence-corrected chi connectivity index (χ3v) is 4.00. The van der Waals surface area contributed by atoms with Gasteiger partial charge in [0.25, 0.3) is 0 Å².